The van der Waals surface area contributed by atoms with Gasteiger partial charge in [-0.05, 0) is 52.4 Å². The number of hydrogen-bond acceptors (Lipinski definition) is 6. The maximum absolute atomic E-state index is 5.95. The Labute approximate surface area is 172 Å². The third kappa shape index (κ3) is 5.12. The van der Waals surface area contributed by atoms with Gasteiger partial charge in [0.1, 0.15) is 17.4 Å². The van der Waals surface area contributed by atoms with Crippen LogP contribution in [0.1, 0.15) is 72.5 Å². The Morgan fingerprint density at radius 1 is 1.15 bits per heavy atom. The van der Waals surface area contributed by atoms with E-state index in [1.54, 1.807) is 0 Å². The highest BCUT2D eigenvalue weighted by Crippen LogP contribution is 2.41. The molecule has 0 unspecified atom stereocenters. The van der Waals surface area contributed by atoms with E-state index in [-0.39, 0.29) is 24.8 Å². The Balaban J connectivity index is 0.00000131. The Bertz CT molecular complexity index is 737. The molecule has 0 amide bonds. The monoisotopic (exact) mass is 413 g/mol. The molecule has 2 heterocycles. The molecular weight excluding hydrogens is 385 g/mol. The Hall–Kier alpha value is -1.37. The molecule has 2 aromatic rings. The predicted molar refractivity (Wildman–Crippen MR) is 111 cm³/mol. The number of aromatic nitrogens is 3. The number of nitrogens with zero attached hydrogens (tertiary/aromatic N) is 3. The lowest BCUT2D eigenvalue weighted by molar-refractivity contribution is 0.344. The number of rotatable bonds is 7. The molecule has 2 saturated carbocycles. The summed E-state index contributed by atoms with van der Waals surface area (Å²) in [6, 6.07) is 2.47. The lowest BCUT2D eigenvalue weighted by Gasteiger charge is -2.32. The summed E-state index contributed by atoms with van der Waals surface area (Å²) < 4.78 is 5.23. The summed E-state index contributed by atoms with van der Waals surface area (Å²) in [4.78, 5) is 9.56. The van der Waals surface area contributed by atoms with Crippen molar-refractivity contribution in [2.45, 2.75) is 70.3 Å². The van der Waals surface area contributed by atoms with Crippen LogP contribution in [0, 0.1) is 13.8 Å². The van der Waals surface area contributed by atoms with Gasteiger partial charge in [-0.25, -0.2) is 9.97 Å². The van der Waals surface area contributed by atoms with Gasteiger partial charge in [-0.15, -0.1) is 24.8 Å². The van der Waals surface area contributed by atoms with Crippen molar-refractivity contribution in [3.8, 4) is 0 Å². The number of hydrogen-bond donors (Lipinski definition) is 2. The van der Waals surface area contributed by atoms with Gasteiger partial charge in [0, 0.05) is 41.7 Å². The summed E-state index contributed by atoms with van der Waals surface area (Å²) in [5.41, 5.74) is 9.35. The number of nitrogens with two attached hydrogens (primary N) is 1. The van der Waals surface area contributed by atoms with E-state index in [1.165, 1.54) is 24.1 Å². The first-order chi connectivity index (χ1) is 12.1. The van der Waals surface area contributed by atoms with Crippen LogP contribution >= 0.6 is 24.8 Å². The maximum atomic E-state index is 5.95. The van der Waals surface area contributed by atoms with Gasteiger partial charge in [0.2, 0.25) is 0 Å². The first-order valence-corrected chi connectivity index (χ1v) is 9.40. The van der Waals surface area contributed by atoms with E-state index in [0.717, 1.165) is 55.3 Å². The van der Waals surface area contributed by atoms with E-state index < -0.39 is 0 Å². The van der Waals surface area contributed by atoms with Gasteiger partial charge in [0.05, 0.1) is 5.69 Å². The quantitative estimate of drug-likeness (QED) is 0.665. The SMILES string of the molecule is Cc1noc(C)c1CCCNc1cc(C2CC(N)C2)nc(C2CC2)n1.Cl.Cl. The highest BCUT2D eigenvalue weighted by Gasteiger charge is 2.32. The third-order valence-electron chi connectivity index (χ3n) is 5.39. The highest BCUT2D eigenvalue weighted by atomic mass is 35.5. The largest absolute Gasteiger partial charge is 0.370 e. The van der Waals surface area contributed by atoms with Crippen molar-refractivity contribution in [1.29, 1.82) is 0 Å². The minimum Gasteiger partial charge on any atom is -0.370 e. The van der Waals surface area contributed by atoms with Gasteiger partial charge in [-0.3, -0.25) is 0 Å². The molecule has 3 N–H and O–H groups in total. The molecule has 2 fully saturated rings. The van der Waals surface area contributed by atoms with E-state index in [0.29, 0.717) is 17.9 Å². The second kappa shape index (κ2) is 9.22. The Morgan fingerprint density at radius 2 is 1.89 bits per heavy atom. The zero-order chi connectivity index (χ0) is 17.4. The molecule has 6 nitrogen and oxygen atoms in total. The van der Waals surface area contributed by atoms with Gasteiger partial charge in [-0.1, -0.05) is 5.16 Å². The summed E-state index contributed by atoms with van der Waals surface area (Å²) in [7, 11) is 0. The number of nitrogens with one attached hydrogen (secondary N) is 1. The van der Waals surface area contributed by atoms with Crippen LogP contribution in [0.4, 0.5) is 5.82 Å². The zero-order valence-electron chi connectivity index (χ0n) is 15.9. The first kappa shape index (κ1) is 21.9. The van der Waals surface area contributed by atoms with E-state index in [2.05, 4.69) is 16.5 Å². The highest BCUT2D eigenvalue weighted by molar-refractivity contribution is 5.85. The smallest absolute Gasteiger partial charge is 0.137 e. The topological polar surface area (TPSA) is 89.9 Å². The molecule has 150 valence electrons. The molecule has 0 aliphatic heterocycles. The van der Waals surface area contributed by atoms with Gasteiger partial charge in [0.15, 0.2) is 0 Å². The standard InChI is InChI=1S/C19H27N5O.2ClH/c1-11-16(12(2)25-24-11)4-3-7-21-18-10-17(14-8-15(20)9-14)22-19(23-18)13-5-6-13;;/h10,13-15H,3-9,20H2,1-2H3,(H,21,22,23);2*1H. The Kier molecular flexibility index (Phi) is 7.48. The molecule has 2 aromatic heterocycles. The fraction of sp³-hybridized carbons (Fsp3) is 0.632. The Morgan fingerprint density at radius 3 is 2.48 bits per heavy atom. The van der Waals surface area contributed by atoms with Crippen molar-refractivity contribution < 1.29 is 4.52 Å². The average Bonchev–Trinajstić information content (AvgIpc) is 3.37. The average molecular weight is 414 g/mol. The lowest BCUT2D eigenvalue weighted by atomic mass is 9.78. The minimum atomic E-state index is 0. The van der Waals surface area contributed by atoms with Crippen molar-refractivity contribution in [3.63, 3.8) is 0 Å². The zero-order valence-corrected chi connectivity index (χ0v) is 17.5. The normalized spacial score (nSPS) is 21.0. The first-order valence-electron chi connectivity index (χ1n) is 9.40. The molecule has 0 aromatic carbocycles. The van der Waals surface area contributed by atoms with Crippen molar-refractivity contribution >= 4 is 30.6 Å². The summed E-state index contributed by atoms with van der Waals surface area (Å²) in [5, 5.41) is 7.51. The third-order valence-corrected chi connectivity index (χ3v) is 5.39. The maximum Gasteiger partial charge on any atom is 0.137 e. The van der Waals surface area contributed by atoms with Gasteiger partial charge < -0.3 is 15.6 Å². The van der Waals surface area contributed by atoms with Crippen LogP contribution in [0.3, 0.4) is 0 Å². The fourth-order valence-electron chi connectivity index (χ4n) is 3.55. The van der Waals surface area contributed by atoms with E-state index in [4.69, 9.17) is 20.2 Å². The number of aryl methyl sites for hydroxylation is 2. The number of anilines is 1. The molecule has 0 radical (unpaired) electrons. The van der Waals surface area contributed by atoms with Gasteiger partial charge in [0.25, 0.3) is 0 Å². The van der Waals surface area contributed by atoms with Crippen LogP contribution < -0.4 is 11.1 Å². The van der Waals surface area contributed by atoms with Crippen molar-refractivity contribution in [3.05, 3.63) is 34.6 Å². The van der Waals surface area contributed by atoms with Gasteiger partial charge >= 0.3 is 0 Å². The minimum absolute atomic E-state index is 0. The molecule has 8 heteroatoms. The predicted octanol–water partition coefficient (Wildman–Crippen LogP) is 4.05. The fourth-order valence-corrected chi connectivity index (χ4v) is 3.55. The van der Waals surface area contributed by atoms with Crippen molar-refractivity contribution in [2.75, 3.05) is 11.9 Å². The molecule has 0 bridgehead atoms. The summed E-state index contributed by atoms with van der Waals surface area (Å²) in [6.45, 7) is 4.86. The van der Waals surface area contributed by atoms with Crippen LogP contribution in [-0.4, -0.2) is 27.7 Å². The molecule has 27 heavy (non-hydrogen) atoms. The molecule has 0 atom stereocenters. The van der Waals surface area contributed by atoms with Crippen LogP contribution in [0.15, 0.2) is 10.6 Å². The van der Waals surface area contributed by atoms with E-state index in [1.807, 2.05) is 13.8 Å². The second-order valence-corrected chi connectivity index (χ2v) is 7.57. The molecule has 2 aliphatic rings. The van der Waals surface area contributed by atoms with E-state index in [9.17, 15) is 0 Å². The van der Waals surface area contributed by atoms with Gasteiger partial charge in [-0.2, -0.15) is 0 Å². The molecule has 0 saturated heterocycles. The number of halogens is 2. The van der Waals surface area contributed by atoms with Crippen LogP contribution in [0.5, 0.6) is 0 Å². The molecule has 0 spiro atoms. The molecule has 4 rings (SSSR count). The summed E-state index contributed by atoms with van der Waals surface area (Å²) >= 11 is 0. The lowest BCUT2D eigenvalue weighted by Crippen LogP contribution is -2.35. The van der Waals surface area contributed by atoms with Crippen LogP contribution in [0.2, 0.25) is 0 Å². The summed E-state index contributed by atoms with van der Waals surface area (Å²) in [6.07, 6.45) is 6.53. The molecule has 2 aliphatic carbocycles. The van der Waals surface area contributed by atoms with Crippen LogP contribution in [0.25, 0.3) is 0 Å². The second-order valence-electron chi connectivity index (χ2n) is 7.57. The van der Waals surface area contributed by atoms with Crippen LogP contribution in [-0.2, 0) is 6.42 Å². The van der Waals surface area contributed by atoms with Crippen molar-refractivity contribution in [2.24, 2.45) is 5.73 Å². The summed E-state index contributed by atoms with van der Waals surface area (Å²) in [5.74, 6) is 3.99. The van der Waals surface area contributed by atoms with Crippen molar-refractivity contribution in [1.82, 2.24) is 15.1 Å². The van der Waals surface area contributed by atoms with E-state index >= 15 is 0 Å². The molecular formula is C19H29Cl2N5O.